The van der Waals surface area contributed by atoms with Crippen molar-refractivity contribution in [2.24, 2.45) is 4.99 Å². The van der Waals surface area contributed by atoms with Crippen LogP contribution in [0.15, 0.2) is 89.9 Å². The van der Waals surface area contributed by atoms with Crippen molar-refractivity contribution in [1.82, 2.24) is 4.57 Å². The molecule has 1 aromatic heterocycles. The largest absolute Gasteiger partial charge is 0.503 e. The Balaban J connectivity index is 1.62. The normalized spacial score (nSPS) is 15.9. The number of anilines is 1. The summed E-state index contributed by atoms with van der Waals surface area (Å²) in [6.45, 7) is 0. The van der Waals surface area contributed by atoms with Crippen molar-refractivity contribution in [3.8, 4) is 11.6 Å². The predicted octanol–water partition coefficient (Wildman–Crippen LogP) is 5.67. The van der Waals surface area contributed by atoms with Gasteiger partial charge in [0.15, 0.2) is 5.75 Å². The highest BCUT2D eigenvalue weighted by Gasteiger charge is 2.38. The highest BCUT2D eigenvalue weighted by molar-refractivity contribution is 7.80. The van der Waals surface area contributed by atoms with Gasteiger partial charge in [0.2, 0.25) is 11.0 Å². The van der Waals surface area contributed by atoms with Crippen LogP contribution >= 0.6 is 23.8 Å². The number of fused-ring (bicyclic) bond motifs is 1. The highest BCUT2D eigenvalue weighted by Crippen LogP contribution is 2.39. The second-order valence-corrected chi connectivity index (χ2v) is 8.48. The van der Waals surface area contributed by atoms with E-state index in [9.17, 15) is 15.0 Å². The van der Waals surface area contributed by atoms with Crippen molar-refractivity contribution in [2.45, 2.75) is 6.04 Å². The average Bonchev–Trinajstić information content (AvgIpc) is 3.31. The Labute approximate surface area is 205 Å². The van der Waals surface area contributed by atoms with Gasteiger partial charge in [-0.05, 0) is 48.1 Å². The van der Waals surface area contributed by atoms with Crippen LogP contribution in [-0.4, -0.2) is 37.6 Å². The third-order valence-corrected chi connectivity index (χ3v) is 6.11. The number of benzene rings is 3. The van der Waals surface area contributed by atoms with E-state index in [1.807, 2.05) is 72.8 Å². The van der Waals surface area contributed by atoms with E-state index in [2.05, 4.69) is 4.99 Å². The van der Waals surface area contributed by atoms with Gasteiger partial charge in [-0.1, -0.05) is 72.3 Å². The molecular formula is C26H18ClN3O3S. The fourth-order valence-electron chi connectivity index (χ4n) is 4.00. The van der Waals surface area contributed by atoms with E-state index in [4.69, 9.17) is 23.8 Å². The van der Waals surface area contributed by atoms with Gasteiger partial charge >= 0.3 is 0 Å². The van der Waals surface area contributed by atoms with Crippen molar-refractivity contribution in [1.29, 1.82) is 0 Å². The van der Waals surface area contributed by atoms with Gasteiger partial charge in [0, 0.05) is 16.1 Å². The molecule has 0 amide bonds. The standard InChI is InChI=1S/C26H18ClN3O3S/c27-17-12-14-20-19(15-17)23(31)25(33)30(20)24(32)22-21(13-11-16-7-3-1-4-8-16)29(26(34)28-22)18-9-5-2-6-10-18/h1-15,21,31,33H/b13-11+. The third kappa shape index (κ3) is 3.75. The minimum atomic E-state index is -0.631. The molecule has 3 aromatic carbocycles. The van der Waals surface area contributed by atoms with Gasteiger partial charge in [-0.25, -0.2) is 9.56 Å². The van der Waals surface area contributed by atoms with E-state index in [0.29, 0.717) is 10.5 Å². The third-order valence-electron chi connectivity index (χ3n) is 5.59. The Morgan fingerprint density at radius 2 is 1.68 bits per heavy atom. The van der Waals surface area contributed by atoms with Crippen LogP contribution in [0.3, 0.4) is 0 Å². The fraction of sp³-hybridized carbons (Fsp3) is 0.0385. The van der Waals surface area contributed by atoms with Gasteiger partial charge in [0.25, 0.3) is 5.91 Å². The first-order valence-corrected chi connectivity index (χ1v) is 11.2. The van der Waals surface area contributed by atoms with Gasteiger partial charge in [-0.15, -0.1) is 0 Å². The van der Waals surface area contributed by atoms with E-state index in [1.165, 1.54) is 6.07 Å². The first-order chi connectivity index (χ1) is 16.5. The number of rotatable bonds is 4. The summed E-state index contributed by atoms with van der Waals surface area (Å²) in [4.78, 5) is 19.9. The fourth-order valence-corrected chi connectivity index (χ4v) is 4.48. The molecule has 0 radical (unpaired) electrons. The maximum atomic E-state index is 13.7. The predicted molar refractivity (Wildman–Crippen MR) is 139 cm³/mol. The van der Waals surface area contributed by atoms with E-state index in [-0.39, 0.29) is 16.2 Å². The van der Waals surface area contributed by atoms with Crippen LogP contribution in [0.4, 0.5) is 5.69 Å². The van der Waals surface area contributed by atoms with Gasteiger partial charge in [0.1, 0.15) is 11.8 Å². The first-order valence-electron chi connectivity index (χ1n) is 10.4. The van der Waals surface area contributed by atoms with Crippen LogP contribution < -0.4 is 4.90 Å². The lowest BCUT2D eigenvalue weighted by molar-refractivity contribution is 0.0983. The maximum absolute atomic E-state index is 13.7. The molecule has 1 atom stereocenters. The van der Waals surface area contributed by atoms with E-state index in [1.54, 1.807) is 17.0 Å². The number of hydrogen-bond donors (Lipinski definition) is 2. The SMILES string of the molecule is O=C(C1=NC(=S)N(c2ccccc2)C1/C=C/c1ccccc1)n1c(O)c(O)c2cc(Cl)ccc21. The Hall–Kier alpha value is -3.94. The summed E-state index contributed by atoms with van der Waals surface area (Å²) in [5.41, 5.74) is 2.14. The lowest BCUT2D eigenvalue weighted by atomic mass is 10.1. The molecule has 1 unspecified atom stereocenters. The first kappa shape index (κ1) is 21.9. The van der Waals surface area contributed by atoms with Crippen molar-refractivity contribution in [2.75, 3.05) is 4.90 Å². The summed E-state index contributed by atoms with van der Waals surface area (Å²) >= 11 is 11.6. The lowest BCUT2D eigenvalue weighted by Gasteiger charge is -2.24. The molecular weight excluding hydrogens is 470 g/mol. The summed E-state index contributed by atoms with van der Waals surface area (Å²) < 4.78 is 1.03. The van der Waals surface area contributed by atoms with Crippen LogP contribution in [0, 0.1) is 0 Å². The summed E-state index contributed by atoms with van der Waals surface area (Å²) in [5, 5.41) is 21.9. The molecule has 0 saturated heterocycles. The number of nitrogens with zero attached hydrogens (tertiary/aromatic N) is 3. The van der Waals surface area contributed by atoms with Crippen molar-refractivity contribution in [3.05, 3.63) is 95.5 Å². The summed E-state index contributed by atoms with van der Waals surface area (Å²) in [5.74, 6) is -1.61. The Bertz CT molecular complexity index is 1480. The van der Waals surface area contributed by atoms with E-state index in [0.717, 1.165) is 15.8 Å². The molecule has 2 N–H and O–H groups in total. The van der Waals surface area contributed by atoms with Crippen LogP contribution in [0.2, 0.25) is 5.02 Å². The van der Waals surface area contributed by atoms with Gasteiger partial charge in [-0.2, -0.15) is 0 Å². The number of thiocarbonyl (C=S) groups is 1. The maximum Gasteiger partial charge on any atom is 0.282 e. The zero-order valence-electron chi connectivity index (χ0n) is 17.7. The molecule has 168 valence electrons. The zero-order chi connectivity index (χ0) is 23.8. The van der Waals surface area contributed by atoms with Gasteiger partial charge in [-0.3, -0.25) is 4.79 Å². The molecule has 0 bridgehead atoms. The van der Waals surface area contributed by atoms with Crippen LogP contribution in [0.25, 0.3) is 17.0 Å². The summed E-state index contributed by atoms with van der Waals surface area (Å²) in [7, 11) is 0. The number of aliphatic imine (C=N–C) groups is 1. The number of carbonyl (C=O) groups is 1. The van der Waals surface area contributed by atoms with Crippen molar-refractivity contribution < 1.29 is 15.0 Å². The molecule has 0 saturated carbocycles. The number of carbonyl (C=O) groups excluding carboxylic acids is 1. The number of aromatic hydroxyl groups is 2. The monoisotopic (exact) mass is 487 g/mol. The van der Waals surface area contributed by atoms with Gasteiger partial charge in [0.05, 0.1) is 5.52 Å². The molecule has 34 heavy (non-hydrogen) atoms. The molecule has 8 heteroatoms. The van der Waals surface area contributed by atoms with Crippen molar-refractivity contribution in [3.63, 3.8) is 0 Å². The Morgan fingerprint density at radius 1 is 1.00 bits per heavy atom. The number of aromatic nitrogens is 1. The molecule has 0 spiro atoms. The second-order valence-electron chi connectivity index (χ2n) is 7.67. The minimum absolute atomic E-state index is 0.114. The molecule has 1 aliphatic rings. The van der Waals surface area contributed by atoms with Crippen LogP contribution in [0.5, 0.6) is 11.6 Å². The number of para-hydroxylation sites is 1. The topological polar surface area (TPSA) is 78.1 Å². The summed E-state index contributed by atoms with van der Waals surface area (Å²) in [6, 6.07) is 23.1. The molecule has 5 rings (SSSR count). The zero-order valence-corrected chi connectivity index (χ0v) is 19.2. The average molecular weight is 488 g/mol. The lowest BCUT2D eigenvalue weighted by Crippen LogP contribution is -2.40. The summed E-state index contributed by atoms with van der Waals surface area (Å²) in [6.07, 6.45) is 3.74. The Kier molecular flexibility index (Phi) is 5.65. The molecule has 1 aliphatic heterocycles. The Morgan fingerprint density at radius 3 is 2.38 bits per heavy atom. The van der Waals surface area contributed by atoms with Crippen LogP contribution in [-0.2, 0) is 0 Å². The second kappa shape index (κ2) is 8.78. The van der Waals surface area contributed by atoms with E-state index < -0.39 is 23.6 Å². The van der Waals surface area contributed by atoms with Crippen molar-refractivity contribution >= 4 is 63.2 Å². The molecule has 0 fully saturated rings. The van der Waals surface area contributed by atoms with Crippen LogP contribution in [0.1, 0.15) is 10.4 Å². The van der Waals surface area contributed by atoms with Gasteiger partial charge < -0.3 is 15.1 Å². The number of halogens is 1. The molecule has 2 heterocycles. The minimum Gasteiger partial charge on any atom is -0.503 e. The quantitative estimate of drug-likeness (QED) is 0.362. The molecule has 6 nitrogen and oxygen atoms in total. The highest BCUT2D eigenvalue weighted by atomic mass is 35.5. The van der Waals surface area contributed by atoms with E-state index >= 15 is 0 Å². The molecule has 4 aromatic rings. The molecule has 0 aliphatic carbocycles. The smallest absolute Gasteiger partial charge is 0.282 e. The number of hydrogen-bond acceptors (Lipinski definition) is 4.